The van der Waals surface area contributed by atoms with E-state index in [2.05, 4.69) is 10.3 Å². The maximum absolute atomic E-state index is 13.2. The molecule has 0 amide bonds. The Kier molecular flexibility index (Phi) is 3.19. The van der Waals surface area contributed by atoms with Crippen LogP contribution in [0.1, 0.15) is 10.4 Å². The fourth-order valence-electron chi connectivity index (χ4n) is 1.92. The minimum absolute atomic E-state index is 0.205. The molecule has 3 aromatic rings. The molecule has 1 aromatic heterocycles. The van der Waals surface area contributed by atoms with E-state index < -0.39 is 5.97 Å². The Hall–Kier alpha value is -3.02. The van der Waals surface area contributed by atoms with Gasteiger partial charge in [0.05, 0.1) is 17.4 Å². The normalized spacial score (nSPS) is 10.5. The number of nitrogens with zero attached hydrogens (tertiary/aromatic N) is 3. The van der Waals surface area contributed by atoms with Gasteiger partial charge >= 0.3 is 5.97 Å². The molecule has 0 aliphatic rings. The van der Waals surface area contributed by atoms with Crippen LogP contribution >= 0.6 is 0 Å². The number of benzene rings is 2. The quantitative estimate of drug-likeness (QED) is 0.802. The Morgan fingerprint density at radius 3 is 2.57 bits per heavy atom. The van der Waals surface area contributed by atoms with Crippen molar-refractivity contribution in [2.24, 2.45) is 0 Å². The van der Waals surface area contributed by atoms with Gasteiger partial charge in [-0.05, 0) is 30.3 Å². The largest absolute Gasteiger partial charge is 0.478 e. The van der Waals surface area contributed by atoms with Crippen LogP contribution in [0, 0.1) is 5.82 Å². The van der Waals surface area contributed by atoms with Crippen molar-refractivity contribution in [1.29, 1.82) is 0 Å². The first-order valence-corrected chi connectivity index (χ1v) is 6.15. The molecule has 0 atom stereocenters. The van der Waals surface area contributed by atoms with Crippen molar-refractivity contribution in [1.82, 2.24) is 15.0 Å². The minimum atomic E-state index is -0.982. The summed E-state index contributed by atoms with van der Waals surface area (Å²) in [4.78, 5) is 10.8. The average Bonchev–Trinajstić information content (AvgIpc) is 2.97. The lowest BCUT2D eigenvalue weighted by molar-refractivity contribution is 0.0697. The van der Waals surface area contributed by atoms with Gasteiger partial charge in [0.25, 0.3) is 0 Å². The number of carboxylic acids is 1. The molecule has 1 heterocycles. The maximum atomic E-state index is 13.2. The van der Waals surface area contributed by atoms with E-state index in [0.717, 1.165) is 5.56 Å². The zero-order valence-electron chi connectivity index (χ0n) is 10.8. The summed E-state index contributed by atoms with van der Waals surface area (Å²) >= 11 is 0. The number of carboxylic acid groups (broad SMARTS) is 1. The molecule has 0 radical (unpaired) electrons. The summed E-state index contributed by atoms with van der Waals surface area (Å²) in [6.07, 6.45) is 1.66. The first-order chi connectivity index (χ1) is 10.1. The van der Waals surface area contributed by atoms with Gasteiger partial charge in [0.2, 0.25) is 0 Å². The van der Waals surface area contributed by atoms with E-state index >= 15 is 0 Å². The summed E-state index contributed by atoms with van der Waals surface area (Å²) in [5.74, 6) is -1.33. The number of hydrogen-bond acceptors (Lipinski definition) is 3. The Morgan fingerprint density at radius 2 is 1.90 bits per heavy atom. The molecule has 0 unspecified atom stereocenters. The molecule has 0 saturated carbocycles. The van der Waals surface area contributed by atoms with Crippen molar-refractivity contribution in [3.8, 4) is 16.9 Å². The summed E-state index contributed by atoms with van der Waals surface area (Å²) in [5, 5.41) is 16.8. The second kappa shape index (κ2) is 5.16. The van der Waals surface area contributed by atoms with Crippen LogP contribution in [-0.2, 0) is 0 Å². The zero-order valence-corrected chi connectivity index (χ0v) is 10.8. The van der Waals surface area contributed by atoms with Gasteiger partial charge in [-0.15, -0.1) is 5.10 Å². The van der Waals surface area contributed by atoms with Crippen molar-refractivity contribution in [2.75, 3.05) is 0 Å². The molecule has 21 heavy (non-hydrogen) atoms. The number of rotatable bonds is 3. The molecular weight excluding hydrogens is 273 g/mol. The van der Waals surface area contributed by atoms with Crippen molar-refractivity contribution >= 4 is 5.97 Å². The van der Waals surface area contributed by atoms with Gasteiger partial charge in [-0.2, -0.15) is 0 Å². The first kappa shape index (κ1) is 13.0. The van der Waals surface area contributed by atoms with Gasteiger partial charge in [-0.1, -0.05) is 23.4 Å². The molecule has 6 heteroatoms. The maximum Gasteiger partial charge on any atom is 0.335 e. The van der Waals surface area contributed by atoms with Gasteiger partial charge in [0.1, 0.15) is 11.5 Å². The molecule has 0 aliphatic heterocycles. The lowest BCUT2D eigenvalue weighted by atomic mass is 10.1. The highest BCUT2D eigenvalue weighted by Crippen LogP contribution is 2.18. The van der Waals surface area contributed by atoms with Crippen molar-refractivity contribution in [3.05, 3.63) is 66.1 Å². The van der Waals surface area contributed by atoms with Crippen molar-refractivity contribution < 1.29 is 14.3 Å². The first-order valence-electron chi connectivity index (χ1n) is 6.15. The van der Waals surface area contributed by atoms with Crippen LogP contribution in [-0.4, -0.2) is 26.1 Å². The predicted octanol–water partition coefficient (Wildman–Crippen LogP) is 2.77. The molecule has 0 aliphatic carbocycles. The minimum Gasteiger partial charge on any atom is -0.478 e. The lowest BCUT2D eigenvalue weighted by Crippen LogP contribution is -1.95. The van der Waals surface area contributed by atoms with Crippen molar-refractivity contribution in [3.63, 3.8) is 0 Å². The van der Waals surface area contributed by atoms with Gasteiger partial charge in [-0.25, -0.2) is 13.9 Å². The number of carbonyl (C=O) groups is 1. The van der Waals surface area contributed by atoms with E-state index in [9.17, 15) is 9.18 Å². The Morgan fingerprint density at radius 1 is 1.14 bits per heavy atom. The van der Waals surface area contributed by atoms with Crippen LogP contribution in [0.3, 0.4) is 0 Å². The lowest BCUT2D eigenvalue weighted by Gasteiger charge is -1.99. The fourth-order valence-corrected chi connectivity index (χ4v) is 1.92. The molecule has 104 valence electrons. The standard InChI is InChI=1S/C15H10FN3O2/c16-12-2-1-3-13(8-12)19-9-14(17-18-19)10-4-6-11(7-5-10)15(20)21/h1-9H,(H,20,21). The molecule has 0 fully saturated rings. The summed E-state index contributed by atoms with van der Waals surface area (Å²) < 4.78 is 14.6. The second-order valence-corrected chi connectivity index (χ2v) is 4.41. The molecule has 2 aromatic carbocycles. The Labute approximate surface area is 119 Å². The second-order valence-electron chi connectivity index (χ2n) is 4.41. The smallest absolute Gasteiger partial charge is 0.335 e. The van der Waals surface area contributed by atoms with Gasteiger partial charge in [-0.3, -0.25) is 0 Å². The third-order valence-corrected chi connectivity index (χ3v) is 2.99. The summed E-state index contributed by atoms with van der Waals surface area (Å²) in [7, 11) is 0. The van der Waals surface area contributed by atoms with E-state index in [4.69, 9.17) is 5.11 Å². The third-order valence-electron chi connectivity index (χ3n) is 2.99. The van der Waals surface area contributed by atoms with E-state index in [1.165, 1.54) is 28.9 Å². The van der Waals surface area contributed by atoms with Crippen LogP contribution in [0.25, 0.3) is 16.9 Å². The average molecular weight is 283 g/mol. The summed E-state index contributed by atoms with van der Waals surface area (Å²) in [5.41, 5.74) is 2.09. The highest BCUT2D eigenvalue weighted by atomic mass is 19.1. The summed E-state index contributed by atoms with van der Waals surface area (Å²) in [6, 6.07) is 12.3. The number of halogens is 1. The van der Waals surface area contributed by atoms with E-state index in [-0.39, 0.29) is 11.4 Å². The number of aromatic nitrogens is 3. The van der Waals surface area contributed by atoms with Crippen LogP contribution in [0.15, 0.2) is 54.7 Å². The molecule has 0 spiro atoms. The zero-order chi connectivity index (χ0) is 14.8. The number of hydrogen-bond donors (Lipinski definition) is 1. The fraction of sp³-hybridized carbons (Fsp3) is 0. The highest BCUT2D eigenvalue weighted by Gasteiger charge is 2.07. The Balaban J connectivity index is 1.93. The monoisotopic (exact) mass is 283 g/mol. The van der Waals surface area contributed by atoms with Gasteiger partial charge in [0.15, 0.2) is 0 Å². The molecule has 1 N–H and O–H groups in total. The van der Waals surface area contributed by atoms with Crippen LogP contribution in [0.4, 0.5) is 4.39 Å². The predicted molar refractivity (Wildman–Crippen MR) is 73.7 cm³/mol. The third kappa shape index (κ3) is 2.64. The number of aromatic carboxylic acids is 1. The van der Waals surface area contributed by atoms with Gasteiger partial charge < -0.3 is 5.11 Å². The molecule has 5 nitrogen and oxygen atoms in total. The van der Waals surface area contributed by atoms with E-state index in [1.807, 2.05) is 0 Å². The van der Waals surface area contributed by atoms with Crippen LogP contribution < -0.4 is 0 Å². The summed E-state index contributed by atoms with van der Waals surface area (Å²) in [6.45, 7) is 0. The van der Waals surface area contributed by atoms with Gasteiger partial charge in [0, 0.05) is 5.56 Å². The highest BCUT2D eigenvalue weighted by molar-refractivity contribution is 5.88. The van der Waals surface area contributed by atoms with Crippen molar-refractivity contribution in [2.45, 2.75) is 0 Å². The molecule has 3 rings (SSSR count). The SMILES string of the molecule is O=C(O)c1ccc(-c2cn(-c3cccc(F)c3)nn2)cc1. The van der Waals surface area contributed by atoms with E-state index in [1.54, 1.807) is 30.5 Å². The van der Waals surface area contributed by atoms with E-state index in [0.29, 0.717) is 11.4 Å². The Bertz CT molecular complexity index is 797. The molecule has 0 saturated heterocycles. The topological polar surface area (TPSA) is 68.0 Å². The molecular formula is C15H10FN3O2. The van der Waals surface area contributed by atoms with Crippen LogP contribution in [0.5, 0.6) is 0 Å². The molecule has 0 bridgehead atoms. The van der Waals surface area contributed by atoms with Crippen LogP contribution in [0.2, 0.25) is 0 Å².